The van der Waals surface area contributed by atoms with E-state index in [0.29, 0.717) is 5.82 Å². The van der Waals surface area contributed by atoms with Gasteiger partial charge in [0.15, 0.2) is 0 Å². The average Bonchev–Trinajstić information content (AvgIpc) is 3.55. The Morgan fingerprint density at radius 1 is 0.879 bits per heavy atom. The highest BCUT2D eigenvalue weighted by molar-refractivity contribution is 7.18. The number of H-pyrrole nitrogens is 1. The molecule has 0 unspecified atom stereocenters. The minimum atomic E-state index is 0.659. The molecule has 0 radical (unpaired) electrons. The van der Waals surface area contributed by atoms with Gasteiger partial charge in [-0.3, -0.25) is 4.90 Å². The van der Waals surface area contributed by atoms with Crippen molar-refractivity contribution in [3.8, 4) is 11.4 Å². The average molecular weight is 461 g/mol. The van der Waals surface area contributed by atoms with Crippen molar-refractivity contribution in [1.29, 1.82) is 0 Å². The Morgan fingerprint density at radius 3 is 2.52 bits per heavy atom. The molecule has 0 aliphatic carbocycles. The number of nitrogens with one attached hydrogen (secondary N) is 1. The van der Waals surface area contributed by atoms with Crippen LogP contribution in [0.2, 0.25) is 0 Å². The highest BCUT2D eigenvalue weighted by atomic mass is 32.1. The molecule has 0 bridgehead atoms. The Labute approximate surface area is 197 Å². The molecule has 6 rings (SSSR count). The fraction of sp³-hybridized carbons (Fsp3) is 0.417. The molecule has 8 nitrogen and oxygen atoms in total. The van der Waals surface area contributed by atoms with E-state index in [1.165, 1.54) is 40.3 Å². The van der Waals surface area contributed by atoms with E-state index in [2.05, 4.69) is 77.8 Å². The van der Waals surface area contributed by atoms with Gasteiger partial charge in [-0.2, -0.15) is 5.21 Å². The summed E-state index contributed by atoms with van der Waals surface area (Å²) in [4.78, 5) is 12.3. The maximum absolute atomic E-state index is 4.83. The van der Waals surface area contributed by atoms with E-state index in [4.69, 9.17) is 4.98 Å². The first-order valence-electron chi connectivity index (χ1n) is 11.8. The van der Waals surface area contributed by atoms with Crippen LogP contribution in [0.5, 0.6) is 0 Å². The maximum atomic E-state index is 4.83. The van der Waals surface area contributed by atoms with Gasteiger partial charge in [0.05, 0.1) is 22.4 Å². The molecule has 9 heteroatoms. The second-order valence-electron chi connectivity index (χ2n) is 8.82. The Morgan fingerprint density at radius 2 is 1.73 bits per heavy atom. The Balaban J connectivity index is 1.20. The quantitative estimate of drug-likeness (QED) is 0.486. The van der Waals surface area contributed by atoms with E-state index in [1.54, 1.807) is 0 Å². The smallest absolute Gasteiger partial charge is 0.206 e. The number of nitrogens with zero attached hydrogens (tertiary/aromatic N) is 7. The monoisotopic (exact) mass is 460 g/mol. The summed E-state index contributed by atoms with van der Waals surface area (Å²) in [5.74, 6) is 0.659. The van der Waals surface area contributed by atoms with Crippen LogP contribution in [0.3, 0.4) is 0 Å². The zero-order chi connectivity index (χ0) is 22.0. The van der Waals surface area contributed by atoms with Crippen LogP contribution < -0.4 is 9.80 Å². The SMILES string of the molecule is c1ccc2sc(CN3CCN(c4cc(N5CCCCC5)ccc4-c4nn[nH]n4)CC3)nc2c1. The van der Waals surface area contributed by atoms with Gasteiger partial charge < -0.3 is 9.80 Å². The topological polar surface area (TPSA) is 77.1 Å². The van der Waals surface area contributed by atoms with Gasteiger partial charge in [0.1, 0.15) is 5.01 Å². The van der Waals surface area contributed by atoms with Crippen molar-refractivity contribution in [3.63, 3.8) is 0 Å². The van der Waals surface area contributed by atoms with Crippen molar-refractivity contribution in [2.24, 2.45) is 0 Å². The van der Waals surface area contributed by atoms with Crippen molar-refractivity contribution >= 4 is 32.9 Å². The van der Waals surface area contributed by atoms with Crippen LogP contribution in [0.1, 0.15) is 24.3 Å². The second kappa shape index (κ2) is 9.07. The zero-order valence-corrected chi connectivity index (χ0v) is 19.5. The molecule has 0 spiro atoms. The first-order valence-corrected chi connectivity index (χ1v) is 12.6. The maximum Gasteiger partial charge on any atom is 0.206 e. The van der Waals surface area contributed by atoms with Crippen molar-refractivity contribution in [1.82, 2.24) is 30.5 Å². The molecule has 0 amide bonds. The predicted octanol–water partition coefficient (Wildman–Crippen LogP) is 3.79. The van der Waals surface area contributed by atoms with Crippen LogP contribution in [0.25, 0.3) is 21.6 Å². The van der Waals surface area contributed by atoms with Crippen LogP contribution in [0.4, 0.5) is 11.4 Å². The van der Waals surface area contributed by atoms with Gasteiger partial charge in [-0.15, -0.1) is 21.5 Å². The number of para-hydroxylation sites is 1. The molecule has 2 aliphatic heterocycles. The van der Waals surface area contributed by atoms with Gasteiger partial charge in [-0.05, 0) is 54.8 Å². The number of fused-ring (bicyclic) bond motifs is 1. The second-order valence-corrected chi connectivity index (χ2v) is 9.94. The highest BCUT2D eigenvalue weighted by Gasteiger charge is 2.23. The fourth-order valence-electron chi connectivity index (χ4n) is 4.92. The summed E-state index contributed by atoms with van der Waals surface area (Å²) in [7, 11) is 0. The molecule has 33 heavy (non-hydrogen) atoms. The number of piperazine rings is 1. The molecule has 170 valence electrons. The molecule has 2 saturated heterocycles. The van der Waals surface area contributed by atoms with Crippen molar-refractivity contribution in [2.45, 2.75) is 25.8 Å². The van der Waals surface area contributed by atoms with E-state index in [0.717, 1.165) is 56.9 Å². The highest BCUT2D eigenvalue weighted by Crippen LogP contribution is 2.34. The number of aromatic amines is 1. The van der Waals surface area contributed by atoms with Crippen LogP contribution in [0, 0.1) is 0 Å². The summed E-state index contributed by atoms with van der Waals surface area (Å²) < 4.78 is 1.27. The molecule has 0 saturated carbocycles. The van der Waals surface area contributed by atoms with E-state index in [1.807, 2.05) is 11.3 Å². The third kappa shape index (κ3) is 4.30. The summed E-state index contributed by atoms with van der Waals surface area (Å²) in [5.41, 5.74) is 4.66. The largest absolute Gasteiger partial charge is 0.371 e. The number of hydrogen-bond donors (Lipinski definition) is 1. The number of anilines is 2. The number of thiazole rings is 1. The number of hydrogen-bond acceptors (Lipinski definition) is 8. The van der Waals surface area contributed by atoms with Crippen LogP contribution in [-0.4, -0.2) is 69.8 Å². The van der Waals surface area contributed by atoms with Crippen molar-refractivity contribution < 1.29 is 0 Å². The number of piperidine rings is 1. The van der Waals surface area contributed by atoms with Gasteiger partial charge >= 0.3 is 0 Å². The lowest BCUT2D eigenvalue weighted by atomic mass is 10.1. The molecule has 2 aromatic heterocycles. The predicted molar refractivity (Wildman–Crippen MR) is 133 cm³/mol. The first kappa shape index (κ1) is 20.6. The normalized spacial score (nSPS) is 17.7. The summed E-state index contributed by atoms with van der Waals surface area (Å²) in [6.45, 7) is 7.15. The Hall–Kier alpha value is -3.04. The van der Waals surface area contributed by atoms with E-state index in [-0.39, 0.29) is 0 Å². The van der Waals surface area contributed by atoms with E-state index in [9.17, 15) is 0 Å². The lowest BCUT2D eigenvalue weighted by molar-refractivity contribution is 0.250. The number of rotatable bonds is 5. The van der Waals surface area contributed by atoms with Gasteiger partial charge in [0, 0.05) is 50.5 Å². The van der Waals surface area contributed by atoms with Crippen LogP contribution in [-0.2, 0) is 6.54 Å². The lowest BCUT2D eigenvalue weighted by Gasteiger charge is -2.37. The molecule has 4 heterocycles. The molecule has 2 aliphatic rings. The number of benzene rings is 2. The molecule has 4 aromatic rings. The molecule has 0 atom stereocenters. The van der Waals surface area contributed by atoms with Crippen LogP contribution >= 0.6 is 11.3 Å². The summed E-state index contributed by atoms with van der Waals surface area (Å²) in [5, 5.41) is 16.1. The molecule has 1 N–H and O–H groups in total. The molecular weight excluding hydrogens is 432 g/mol. The molecule has 2 fully saturated rings. The third-order valence-corrected chi connectivity index (χ3v) is 7.72. The first-order chi connectivity index (χ1) is 16.3. The number of aromatic nitrogens is 5. The summed E-state index contributed by atoms with van der Waals surface area (Å²) in [6.07, 6.45) is 3.87. The summed E-state index contributed by atoms with van der Waals surface area (Å²) in [6, 6.07) is 15.1. The van der Waals surface area contributed by atoms with Gasteiger partial charge in [-0.1, -0.05) is 12.1 Å². The van der Waals surface area contributed by atoms with Gasteiger partial charge in [-0.25, -0.2) is 4.98 Å². The summed E-state index contributed by atoms with van der Waals surface area (Å²) >= 11 is 1.81. The Kier molecular flexibility index (Phi) is 5.65. The van der Waals surface area contributed by atoms with E-state index < -0.39 is 0 Å². The third-order valence-electron chi connectivity index (χ3n) is 6.70. The molecule has 2 aromatic carbocycles. The minimum absolute atomic E-state index is 0.659. The van der Waals surface area contributed by atoms with Crippen molar-refractivity contribution in [3.05, 3.63) is 47.5 Å². The molecular formula is C24H28N8S. The van der Waals surface area contributed by atoms with Gasteiger partial charge in [0.25, 0.3) is 0 Å². The Bertz CT molecular complexity index is 1170. The van der Waals surface area contributed by atoms with E-state index >= 15 is 0 Å². The standard InChI is InChI=1S/C24H28N8S/c1-4-10-31(11-5-1)18-8-9-19(24-26-28-29-27-24)21(16-18)32-14-12-30(13-15-32)17-23-25-20-6-2-3-7-22(20)33-23/h2-3,6-9,16H,1,4-5,10-15,17H2,(H,26,27,28,29). The van der Waals surface area contributed by atoms with Crippen molar-refractivity contribution in [2.75, 3.05) is 49.1 Å². The minimum Gasteiger partial charge on any atom is -0.371 e. The zero-order valence-electron chi connectivity index (χ0n) is 18.7. The lowest BCUT2D eigenvalue weighted by Crippen LogP contribution is -2.46. The van der Waals surface area contributed by atoms with Gasteiger partial charge in [0.2, 0.25) is 5.82 Å². The fourth-order valence-corrected chi connectivity index (χ4v) is 5.93. The number of tetrazole rings is 1. The van der Waals surface area contributed by atoms with Crippen LogP contribution in [0.15, 0.2) is 42.5 Å².